The number of carbonyl (C=O) groups is 1. The number of aryl methyl sites for hydroxylation is 1. The van der Waals surface area contributed by atoms with Gasteiger partial charge >= 0.3 is 5.97 Å². The van der Waals surface area contributed by atoms with Crippen LogP contribution < -0.4 is 5.56 Å². The lowest BCUT2D eigenvalue weighted by Crippen LogP contribution is -2.28. The molecular formula is C18H19N3O4. The molecule has 0 atom stereocenters. The number of esters is 1. The molecule has 0 aliphatic heterocycles. The van der Waals surface area contributed by atoms with Crippen molar-refractivity contribution < 1.29 is 14.1 Å². The molecule has 0 unspecified atom stereocenters. The molecule has 2 heterocycles. The van der Waals surface area contributed by atoms with Gasteiger partial charge < -0.3 is 9.26 Å². The van der Waals surface area contributed by atoms with Gasteiger partial charge in [0.15, 0.2) is 5.69 Å². The zero-order chi connectivity index (χ0) is 18.0. The lowest BCUT2D eigenvalue weighted by atomic mass is 10.1. The number of benzene rings is 1. The van der Waals surface area contributed by atoms with Crippen molar-refractivity contribution in [3.8, 4) is 0 Å². The lowest BCUT2D eigenvalue weighted by molar-refractivity contribution is 0.0456. The summed E-state index contributed by atoms with van der Waals surface area (Å²) in [5.74, 6) is 0.253. The maximum absolute atomic E-state index is 12.5. The Labute approximate surface area is 144 Å². The van der Waals surface area contributed by atoms with Crippen molar-refractivity contribution >= 4 is 16.7 Å². The molecule has 0 aliphatic rings. The monoisotopic (exact) mass is 341 g/mol. The molecule has 3 aromatic rings. The zero-order valence-electron chi connectivity index (χ0n) is 14.4. The van der Waals surface area contributed by atoms with Gasteiger partial charge in [-0.1, -0.05) is 37.2 Å². The molecule has 0 fully saturated rings. The van der Waals surface area contributed by atoms with Crippen molar-refractivity contribution in [2.45, 2.75) is 33.9 Å². The van der Waals surface area contributed by atoms with Crippen molar-refractivity contribution in [1.82, 2.24) is 14.9 Å². The second-order valence-corrected chi connectivity index (χ2v) is 6.28. The summed E-state index contributed by atoms with van der Waals surface area (Å²) in [6.45, 7) is 6.12. The molecule has 0 saturated carbocycles. The third kappa shape index (κ3) is 3.60. The van der Waals surface area contributed by atoms with Crippen LogP contribution in [-0.4, -0.2) is 20.9 Å². The lowest BCUT2D eigenvalue weighted by Gasteiger charge is -2.12. The van der Waals surface area contributed by atoms with Crippen LogP contribution in [0.1, 0.15) is 35.8 Å². The molecule has 130 valence electrons. The number of fused-ring (bicyclic) bond motifs is 1. The maximum Gasteiger partial charge on any atom is 0.359 e. The number of aromatic nitrogens is 3. The van der Waals surface area contributed by atoms with Crippen LogP contribution >= 0.6 is 0 Å². The Balaban J connectivity index is 1.97. The third-order valence-electron chi connectivity index (χ3n) is 3.63. The molecule has 0 aliphatic carbocycles. The number of hydrogen-bond donors (Lipinski definition) is 0. The van der Waals surface area contributed by atoms with Crippen molar-refractivity contribution in [3.63, 3.8) is 0 Å². The number of ether oxygens (including phenoxy) is 1. The highest BCUT2D eigenvalue weighted by atomic mass is 16.5. The normalized spacial score (nSPS) is 11.2. The Hall–Kier alpha value is -2.96. The van der Waals surface area contributed by atoms with Gasteiger partial charge in [0, 0.05) is 18.0 Å². The van der Waals surface area contributed by atoms with E-state index in [1.54, 1.807) is 37.3 Å². The van der Waals surface area contributed by atoms with Crippen LogP contribution in [0.5, 0.6) is 0 Å². The minimum absolute atomic E-state index is 0.0184. The molecule has 7 nitrogen and oxygen atoms in total. The first-order chi connectivity index (χ1) is 12.0. The zero-order valence-corrected chi connectivity index (χ0v) is 14.4. The van der Waals surface area contributed by atoms with Crippen LogP contribution in [-0.2, 0) is 17.9 Å². The van der Waals surface area contributed by atoms with E-state index in [0.717, 1.165) is 0 Å². The highest BCUT2D eigenvalue weighted by Gasteiger charge is 2.19. The van der Waals surface area contributed by atoms with Crippen LogP contribution in [0.25, 0.3) is 10.8 Å². The highest BCUT2D eigenvalue weighted by molar-refractivity contribution is 6.02. The molecule has 2 aromatic heterocycles. The standard InChI is InChI=1S/C18H19N3O4/c1-11(2)9-21-17(22)15-7-5-4-6-14(15)16(19-21)18(23)24-10-13-8-12(3)25-20-13/h4-8,11H,9-10H2,1-3H3. The van der Waals surface area contributed by atoms with Crippen LogP contribution in [0, 0.1) is 12.8 Å². The molecule has 3 rings (SSSR count). The van der Waals surface area contributed by atoms with Gasteiger partial charge in [-0.05, 0) is 18.9 Å². The largest absolute Gasteiger partial charge is 0.454 e. The number of hydrogen-bond acceptors (Lipinski definition) is 6. The van der Waals surface area contributed by atoms with E-state index in [1.165, 1.54) is 4.68 Å². The topological polar surface area (TPSA) is 87.2 Å². The Morgan fingerprint density at radius 3 is 2.64 bits per heavy atom. The van der Waals surface area contributed by atoms with Crippen molar-refractivity contribution in [2.75, 3.05) is 0 Å². The van der Waals surface area contributed by atoms with Crippen LogP contribution in [0.3, 0.4) is 0 Å². The summed E-state index contributed by atoms with van der Waals surface area (Å²) >= 11 is 0. The van der Waals surface area contributed by atoms with Crippen molar-refractivity contribution in [1.29, 1.82) is 0 Å². The summed E-state index contributed by atoms with van der Waals surface area (Å²) in [7, 11) is 0. The predicted octanol–water partition coefficient (Wildman–Crippen LogP) is 2.71. The molecule has 0 bridgehead atoms. The van der Waals surface area contributed by atoms with Gasteiger partial charge in [0.25, 0.3) is 5.56 Å². The van der Waals surface area contributed by atoms with Gasteiger partial charge in [-0.15, -0.1) is 0 Å². The highest BCUT2D eigenvalue weighted by Crippen LogP contribution is 2.15. The molecule has 0 radical (unpaired) electrons. The Bertz CT molecular complexity index is 972. The SMILES string of the molecule is Cc1cc(COC(=O)c2nn(CC(C)C)c(=O)c3ccccc23)no1. The Morgan fingerprint density at radius 2 is 2.00 bits per heavy atom. The van der Waals surface area contributed by atoms with Crippen molar-refractivity contribution in [3.05, 3.63) is 57.8 Å². The van der Waals surface area contributed by atoms with Gasteiger partial charge in [-0.3, -0.25) is 4.79 Å². The van der Waals surface area contributed by atoms with Gasteiger partial charge in [0.1, 0.15) is 18.1 Å². The summed E-state index contributed by atoms with van der Waals surface area (Å²) in [6, 6.07) is 8.59. The quantitative estimate of drug-likeness (QED) is 0.663. The molecule has 7 heteroatoms. The van der Waals surface area contributed by atoms with Crippen LogP contribution in [0.2, 0.25) is 0 Å². The molecular weight excluding hydrogens is 322 g/mol. The smallest absolute Gasteiger partial charge is 0.359 e. The molecule has 1 aromatic carbocycles. The van der Waals surface area contributed by atoms with E-state index < -0.39 is 5.97 Å². The summed E-state index contributed by atoms with van der Waals surface area (Å²) in [6.07, 6.45) is 0. The fraction of sp³-hybridized carbons (Fsp3) is 0.333. The van der Waals surface area contributed by atoms with Gasteiger partial charge in [0.05, 0.1) is 5.39 Å². The van der Waals surface area contributed by atoms with Crippen LogP contribution in [0.15, 0.2) is 39.6 Å². The second kappa shape index (κ2) is 6.88. The third-order valence-corrected chi connectivity index (χ3v) is 3.63. The first-order valence-corrected chi connectivity index (χ1v) is 8.05. The predicted molar refractivity (Wildman–Crippen MR) is 91.2 cm³/mol. The van der Waals surface area contributed by atoms with E-state index in [4.69, 9.17) is 9.26 Å². The first-order valence-electron chi connectivity index (χ1n) is 8.05. The Morgan fingerprint density at radius 1 is 1.28 bits per heavy atom. The Kier molecular flexibility index (Phi) is 4.65. The minimum Gasteiger partial charge on any atom is -0.454 e. The number of nitrogens with zero attached hydrogens (tertiary/aromatic N) is 3. The summed E-state index contributed by atoms with van der Waals surface area (Å²) in [5.41, 5.74) is 0.426. The van der Waals surface area contributed by atoms with Gasteiger partial charge in [-0.2, -0.15) is 5.10 Å². The van der Waals surface area contributed by atoms with Gasteiger partial charge in [0.2, 0.25) is 0 Å². The first kappa shape index (κ1) is 16.9. The molecule has 0 amide bonds. The van der Waals surface area contributed by atoms with E-state index in [9.17, 15) is 9.59 Å². The second-order valence-electron chi connectivity index (χ2n) is 6.28. The summed E-state index contributed by atoms with van der Waals surface area (Å²) in [5, 5.41) is 8.96. The van der Waals surface area contributed by atoms with E-state index in [0.29, 0.717) is 28.8 Å². The molecule has 0 saturated heterocycles. The maximum atomic E-state index is 12.5. The van der Waals surface area contributed by atoms with E-state index in [1.807, 2.05) is 13.8 Å². The number of carbonyl (C=O) groups excluding carboxylic acids is 1. The van der Waals surface area contributed by atoms with E-state index >= 15 is 0 Å². The molecule has 25 heavy (non-hydrogen) atoms. The van der Waals surface area contributed by atoms with E-state index in [2.05, 4.69) is 10.3 Å². The fourth-order valence-corrected chi connectivity index (χ4v) is 2.55. The number of rotatable bonds is 5. The summed E-state index contributed by atoms with van der Waals surface area (Å²) < 4.78 is 11.6. The molecule has 0 N–H and O–H groups in total. The minimum atomic E-state index is -0.602. The average Bonchev–Trinajstić information content (AvgIpc) is 3.00. The summed E-state index contributed by atoms with van der Waals surface area (Å²) in [4.78, 5) is 25.1. The molecule has 0 spiro atoms. The van der Waals surface area contributed by atoms with E-state index in [-0.39, 0.29) is 23.8 Å². The van der Waals surface area contributed by atoms with Crippen LogP contribution in [0.4, 0.5) is 0 Å². The van der Waals surface area contributed by atoms with Crippen molar-refractivity contribution in [2.24, 2.45) is 5.92 Å². The van der Waals surface area contributed by atoms with Gasteiger partial charge in [-0.25, -0.2) is 9.48 Å². The average molecular weight is 341 g/mol. The fourth-order valence-electron chi connectivity index (χ4n) is 2.55.